The molecule has 0 aliphatic heterocycles. The van der Waals surface area contributed by atoms with E-state index in [9.17, 15) is 4.21 Å². The van der Waals surface area contributed by atoms with Gasteiger partial charge in [0, 0.05) is 16.9 Å². The molecule has 5 heteroatoms. The van der Waals surface area contributed by atoms with Crippen molar-refractivity contribution in [3.05, 3.63) is 40.5 Å². The quantitative estimate of drug-likeness (QED) is 0.801. The number of halogens is 1. The molecule has 2 unspecified atom stereocenters. The molecule has 1 aromatic carbocycles. The highest BCUT2D eigenvalue weighted by Gasteiger charge is 2.28. The average Bonchev–Trinajstić information content (AvgIpc) is 2.43. The Kier molecular flexibility index (Phi) is 4.85. The molecule has 1 aromatic heterocycles. The fourth-order valence-electron chi connectivity index (χ4n) is 2.10. The first-order chi connectivity index (χ1) is 9.70. The molecule has 0 amide bonds. The lowest BCUT2D eigenvalue weighted by Gasteiger charge is -2.30. The number of hydrogen-bond donors (Lipinski definition) is 0. The molecule has 2 atom stereocenters. The second-order valence-electron chi connectivity index (χ2n) is 6.16. The summed E-state index contributed by atoms with van der Waals surface area (Å²) in [6.07, 6.45) is 0. The van der Waals surface area contributed by atoms with Crippen molar-refractivity contribution < 1.29 is 4.21 Å². The van der Waals surface area contributed by atoms with E-state index in [2.05, 4.69) is 22.0 Å². The van der Waals surface area contributed by atoms with E-state index in [0.29, 0.717) is 0 Å². The third-order valence-electron chi connectivity index (χ3n) is 3.43. The number of hydrogen-bond acceptors (Lipinski definition) is 2. The van der Waals surface area contributed by atoms with Crippen molar-refractivity contribution in [2.45, 2.75) is 38.5 Å². The van der Waals surface area contributed by atoms with Crippen LogP contribution in [0.5, 0.6) is 0 Å². The Morgan fingerprint density at radius 2 is 1.86 bits per heavy atom. The summed E-state index contributed by atoms with van der Waals surface area (Å²) in [5.41, 5.74) is 1.88. The molecule has 0 saturated carbocycles. The van der Waals surface area contributed by atoms with Crippen molar-refractivity contribution in [2.24, 2.45) is 0 Å². The number of aromatic nitrogens is 1. The predicted molar refractivity (Wildman–Crippen MR) is 93.5 cm³/mol. The fourth-order valence-corrected chi connectivity index (χ4v) is 3.71. The van der Waals surface area contributed by atoms with E-state index in [0.717, 1.165) is 21.1 Å². The van der Waals surface area contributed by atoms with Gasteiger partial charge in [-0.2, -0.15) is 0 Å². The van der Waals surface area contributed by atoms with Crippen LogP contribution >= 0.6 is 15.9 Å². The molecule has 0 N–H and O–H groups in total. The van der Waals surface area contributed by atoms with Gasteiger partial charge in [-0.1, -0.05) is 28.1 Å². The maximum Gasteiger partial charge on any atom is 0.100 e. The summed E-state index contributed by atoms with van der Waals surface area (Å²) < 4.78 is 15.1. The van der Waals surface area contributed by atoms with Gasteiger partial charge < -0.3 is 0 Å². The van der Waals surface area contributed by atoms with Crippen LogP contribution < -0.4 is 0 Å². The maximum atomic E-state index is 12.5. The van der Waals surface area contributed by atoms with E-state index in [1.54, 1.807) is 0 Å². The standard InChI is InChI=1S/C16H21BrN2OS/c1-11(19(5)21(20)16(2,3)4)14-9-7-12-6-8-13(17)10-15(12)18-14/h6-11H,1-5H3. The van der Waals surface area contributed by atoms with Crippen molar-refractivity contribution in [1.82, 2.24) is 9.29 Å². The van der Waals surface area contributed by atoms with Gasteiger partial charge in [0.25, 0.3) is 0 Å². The summed E-state index contributed by atoms with van der Waals surface area (Å²) in [6, 6.07) is 10.1. The second-order valence-corrected chi connectivity index (χ2v) is 9.37. The van der Waals surface area contributed by atoms with E-state index >= 15 is 0 Å². The highest BCUT2D eigenvalue weighted by atomic mass is 79.9. The van der Waals surface area contributed by atoms with Crippen molar-refractivity contribution in [3.8, 4) is 0 Å². The van der Waals surface area contributed by atoms with Gasteiger partial charge in [0.2, 0.25) is 0 Å². The Labute approximate surface area is 137 Å². The predicted octanol–water partition coefficient (Wildman–Crippen LogP) is 4.45. The van der Waals surface area contributed by atoms with Crippen LogP contribution in [-0.2, 0) is 11.0 Å². The van der Waals surface area contributed by atoms with Gasteiger partial charge in [0.05, 0.1) is 22.0 Å². The maximum absolute atomic E-state index is 12.5. The van der Waals surface area contributed by atoms with E-state index in [1.165, 1.54) is 0 Å². The number of benzene rings is 1. The zero-order chi connectivity index (χ0) is 15.8. The summed E-state index contributed by atoms with van der Waals surface area (Å²) >= 11 is 3.47. The Bertz CT molecular complexity index is 682. The number of rotatable bonds is 3. The molecule has 1 heterocycles. The lowest BCUT2D eigenvalue weighted by Crippen LogP contribution is -2.36. The van der Waals surface area contributed by atoms with E-state index in [4.69, 9.17) is 4.98 Å². The molecule has 0 bridgehead atoms. The van der Waals surface area contributed by atoms with Gasteiger partial charge in [-0.25, -0.2) is 8.51 Å². The summed E-state index contributed by atoms with van der Waals surface area (Å²) in [7, 11) is 0.821. The van der Waals surface area contributed by atoms with Crippen LogP contribution in [0.15, 0.2) is 34.8 Å². The number of pyridine rings is 1. The zero-order valence-corrected chi connectivity index (χ0v) is 15.5. The molecule has 0 aliphatic rings. The first kappa shape index (κ1) is 16.6. The average molecular weight is 369 g/mol. The fraction of sp³-hybridized carbons (Fsp3) is 0.438. The summed E-state index contributed by atoms with van der Waals surface area (Å²) in [5.74, 6) is 0. The number of nitrogens with zero attached hydrogens (tertiary/aromatic N) is 2. The third kappa shape index (κ3) is 3.71. The van der Waals surface area contributed by atoms with Crippen molar-refractivity contribution >= 4 is 37.8 Å². The topological polar surface area (TPSA) is 33.2 Å². The molecule has 3 nitrogen and oxygen atoms in total. The van der Waals surface area contributed by atoms with Crippen LogP contribution in [0.4, 0.5) is 0 Å². The molecule has 0 radical (unpaired) electrons. The summed E-state index contributed by atoms with van der Waals surface area (Å²) in [4.78, 5) is 4.72. The lowest BCUT2D eigenvalue weighted by molar-refractivity contribution is 0.411. The largest absolute Gasteiger partial charge is 0.251 e. The molecular formula is C16H21BrN2OS. The Balaban J connectivity index is 2.35. The van der Waals surface area contributed by atoms with Gasteiger partial charge in [-0.3, -0.25) is 4.98 Å². The van der Waals surface area contributed by atoms with E-state index < -0.39 is 11.0 Å². The smallest absolute Gasteiger partial charge is 0.100 e. The monoisotopic (exact) mass is 368 g/mol. The molecule has 0 spiro atoms. The summed E-state index contributed by atoms with van der Waals surface area (Å²) in [6.45, 7) is 7.99. The molecule has 21 heavy (non-hydrogen) atoms. The van der Waals surface area contributed by atoms with Crippen LogP contribution in [0.3, 0.4) is 0 Å². The van der Waals surface area contributed by atoms with Crippen LogP contribution in [0.25, 0.3) is 10.9 Å². The van der Waals surface area contributed by atoms with Crippen LogP contribution in [0.2, 0.25) is 0 Å². The Morgan fingerprint density at radius 1 is 1.24 bits per heavy atom. The van der Waals surface area contributed by atoms with Gasteiger partial charge >= 0.3 is 0 Å². The van der Waals surface area contributed by atoms with Crippen LogP contribution in [0, 0.1) is 0 Å². The van der Waals surface area contributed by atoms with Crippen molar-refractivity contribution in [1.29, 1.82) is 0 Å². The minimum atomic E-state index is -1.07. The summed E-state index contributed by atoms with van der Waals surface area (Å²) in [5, 5.41) is 1.11. The van der Waals surface area contributed by atoms with Crippen molar-refractivity contribution in [2.75, 3.05) is 7.05 Å². The molecule has 114 valence electrons. The van der Waals surface area contributed by atoms with Crippen LogP contribution in [0.1, 0.15) is 39.4 Å². The normalized spacial score (nSPS) is 15.4. The highest BCUT2D eigenvalue weighted by molar-refractivity contribution is 9.10. The molecule has 2 rings (SSSR count). The van der Waals surface area contributed by atoms with E-state index in [1.807, 2.05) is 63.3 Å². The minimum absolute atomic E-state index is 0.00607. The third-order valence-corrected chi connectivity index (χ3v) is 5.81. The number of fused-ring (bicyclic) bond motifs is 1. The van der Waals surface area contributed by atoms with Gasteiger partial charge in [-0.05, 0) is 45.9 Å². The van der Waals surface area contributed by atoms with E-state index in [-0.39, 0.29) is 10.8 Å². The second kappa shape index (κ2) is 6.15. The van der Waals surface area contributed by atoms with Crippen LogP contribution in [-0.4, -0.2) is 25.3 Å². The lowest BCUT2D eigenvalue weighted by atomic mass is 10.1. The van der Waals surface area contributed by atoms with Crippen molar-refractivity contribution in [3.63, 3.8) is 0 Å². The van der Waals surface area contributed by atoms with Gasteiger partial charge in [0.1, 0.15) is 11.0 Å². The highest BCUT2D eigenvalue weighted by Crippen LogP contribution is 2.26. The molecule has 0 fully saturated rings. The molecular weight excluding hydrogens is 348 g/mol. The molecule has 2 aromatic rings. The Morgan fingerprint density at radius 3 is 2.48 bits per heavy atom. The van der Waals surface area contributed by atoms with Gasteiger partial charge in [-0.15, -0.1) is 0 Å². The molecule has 0 aliphatic carbocycles. The first-order valence-electron chi connectivity index (χ1n) is 6.91. The Hall–Kier alpha value is -0.780. The SMILES string of the molecule is CC(c1ccc2ccc(Br)cc2n1)N(C)S(=O)C(C)(C)C. The zero-order valence-electron chi connectivity index (χ0n) is 13.1. The van der Waals surface area contributed by atoms with Gasteiger partial charge in [0.15, 0.2) is 0 Å². The first-order valence-corrected chi connectivity index (χ1v) is 8.81. The minimum Gasteiger partial charge on any atom is -0.251 e. The molecule has 0 saturated heterocycles.